The monoisotopic (exact) mass is 283 g/mol. The molecule has 2 aliphatic rings. The summed E-state index contributed by atoms with van der Waals surface area (Å²) in [6.07, 6.45) is 5.68. The summed E-state index contributed by atoms with van der Waals surface area (Å²) in [6.45, 7) is 2.57. The SMILES string of the molecule is C[C@H]1CCCC[C@@H]1NC(=O)COC(=O)C1=COCCO1. The third-order valence-corrected chi connectivity index (χ3v) is 3.64. The van der Waals surface area contributed by atoms with Crippen LogP contribution < -0.4 is 5.32 Å². The first kappa shape index (κ1) is 14.7. The fourth-order valence-electron chi connectivity index (χ4n) is 2.46. The Labute approximate surface area is 118 Å². The van der Waals surface area contributed by atoms with Crippen molar-refractivity contribution in [2.45, 2.75) is 38.6 Å². The average molecular weight is 283 g/mol. The van der Waals surface area contributed by atoms with Crippen molar-refractivity contribution in [1.82, 2.24) is 5.32 Å². The molecule has 1 amide bonds. The lowest BCUT2D eigenvalue weighted by Crippen LogP contribution is -2.43. The smallest absolute Gasteiger partial charge is 0.377 e. The average Bonchev–Trinajstić information content (AvgIpc) is 2.48. The van der Waals surface area contributed by atoms with Crippen LogP contribution in [0.1, 0.15) is 32.6 Å². The number of hydrogen-bond donors (Lipinski definition) is 1. The van der Waals surface area contributed by atoms with Crippen LogP contribution in [0.4, 0.5) is 0 Å². The van der Waals surface area contributed by atoms with E-state index in [1.54, 1.807) is 0 Å². The highest BCUT2D eigenvalue weighted by atomic mass is 16.6. The molecule has 0 aromatic heterocycles. The molecule has 1 fully saturated rings. The number of rotatable bonds is 4. The fraction of sp³-hybridized carbons (Fsp3) is 0.714. The van der Waals surface area contributed by atoms with Crippen molar-refractivity contribution in [3.8, 4) is 0 Å². The van der Waals surface area contributed by atoms with E-state index in [-0.39, 0.29) is 24.3 Å². The van der Waals surface area contributed by atoms with Gasteiger partial charge in [0.05, 0.1) is 0 Å². The predicted molar refractivity (Wildman–Crippen MR) is 70.5 cm³/mol. The van der Waals surface area contributed by atoms with Gasteiger partial charge in [-0.2, -0.15) is 0 Å². The van der Waals surface area contributed by atoms with E-state index in [9.17, 15) is 9.59 Å². The molecular weight excluding hydrogens is 262 g/mol. The lowest BCUT2D eigenvalue weighted by Gasteiger charge is -2.29. The Bertz CT molecular complexity index is 393. The van der Waals surface area contributed by atoms with Gasteiger partial charge in [0.25, 0.3) is 5.91 Å². The van der Waals surface area contributed by atoms with Crippen molar-refractivity contribution >= 4 is 11.9 Å². The zero-order valence-corrected chi connectivity index (χ0v) is 11.7. The van der Waals surface area contributed by atoms with Crippen LogP contribution in [0.5, 0.6) is 0 Å². The number of carbonyl (C=O) groups excluding carboxylic acids is 2. The molecule has 2 atom stereocenters. The number of hydrogen-bond acceptors (Lipinski definition) is 5. The van der Waals surface area contributed by atoms with Crippen LogP contribution in [0.25, 0.3) is 0 Å². The number of carbonyl (C=O) groups is 2. The lowest BCUT2D eigenvalue weighted by molar-refractivity contribution is -0.149. The molecule has 1 aliphatic heterocycles. The van der Waals surface area contributed by atoms with Gasteiger partial charge in [-0.15, -0.1) is 0 Å². The molecule has 0 radical (unpaired) electrons. The van der Waals surface area contributed by atoms with E-state index in [4.69, 9.17) is 14.2 Å². The second-order valence-corrected chi connectivity index (χ2v) is 5.21. The Morgan fingerprint density at radius 3 is 2.85 bits per heavy atom. The van der Waals surface area contributed by atoms with Gasteiger partial charge in [0, 0.05) is 6.04 Å². The van der Waals surface area contributed by atoms with Gasteiger partial charge in [-0.1, -0.05) is 19.8 Å². The second-order valence-electron chi connectivity index (χ2n) is 5.21. The lowest BCUT2D eigenvalue weighted by atomic mass is 9.86. The van der Waals surface area contributed by atoms with Crippen LogP contribution in [0.3, 0.4) is 0 Å². The van der Waals surface area contributed by atoms with Gasteiger partial charge >= 0.3 is 5.97 Å². The first-order valence-corrected chi connectivity index (χ1v) is 7.08. The third kappa shape index (κ3) is 4.15. The summed E-state index contributed by atoms with van der Waals surface area (Å²) in [5.74, 6) is -0.456. The maximum atomic E-state index is 11.8. The molecule has 112 valence electrons. The van der Waals surface area contributed by atoms with E-state index in [0.717, 1.165) is 19.3 Å². The summed E-state index contributed by atoms with van der Waals surface area (Å²) in [7, 11) is 0. The summed E-state index contributed by atoms with van der Waals surface area (Å²) in [6, 6.07) is 0.184. The van der Waals surface area contributed by atoms with Crippen LogP contribution in [0.15, 0.2) is 12.0 Å². The molecule has 0 unspecified atom stereocenters. The van der Waals surface area contributed by atoms with Crippen molar-refractivity contribution < 1.29 is 23.8 Å². The second kappa shape index (κ2) is 7.17. The highest BCUT2D eigenvalue weighted by Gasteiger charge is 2.24. The van der Waals surface area contributed by atoms with Crippen molar-refractivity contribution in [3.63, 3.8) is 0 Å². The molecular formula is C14H21NO5. The summed E-state index contributed by atoms with van der Waals surface area (Å²) in [4.78, 5) is 23.3. The normalized spacial score (nSPS) is 25.8. The topological polar surface area (TPSA) is 73.9 Å². The van der Waals surface area contributed by atoms with E-state index in [1.807, 2.05) is 0 Å². The van der Waals surface area contributed by atoms with E-state index >= 15 is 0 Å². The Kier molecular flexibility index (Phi) is 5.26. The fourth-order valence-corrected chi connectivity index (χ4v) is 2.46. The molecule has 6 heteroatoms. The molecule has 0 aromatic carbocycles. The van der Waals surface area contributed by atoms with Gasteiger partial charge in [-0.3, -0.25) is 4.79 Å². The minimum Gasteiger partial charge on any atom is -0.493 e. The minimum absolute atomic E-state index is 0.00934. The standard InChI is InChI=1S/C14H21NO5/c1-10-4-2-3-5-11(10)15-13(16)9-20-14(17)12-8-18-6-7-19-12/h8,10-11H,2-7,9H2,1H3,(H,15,16)/t10-,11-/m0/s1. The number of esters is 1. The van der Waals surface area contributed by atoms with Crippen LogP contribution in [-0.4, -0.2) is 37.7 Å². The molecule has 0 bridgehead atoms. The van der Waals surface area contributed by atoms with Crippen molar-refractivity contribution in [3.05, 3.63) is 12.0 Å². The highest BCUT2D eigenvalue weighted by Crippen LogP contribution is 2.23. The third-order valence-electron chi connectivity index (χ3n) is 3.64. The van der Waals surface area contributed by atoms with Crippen molar-refractivity contribution in [2.24, 2.45) is 5.92 Å². The van der Waals surface area contributed by atoms with Gasteiger partial charge in [0.1, 0.15) is 19.5 Å². The number of ether oxygens (including phenoxy) is 3. The van der Waals surface area contributed by atoms with Crippen LogP contribution in [0.2, 0.25) is 0 Å². The van der Waals surface area contributed by atoms with E-state index in [0.29, 0.717) is 19.1 Å². The van der Waals surface area contributed by atoms with Gasteiger partial charge in [-0.05, 0) is 18.8 Å². The molecule has 0 saturated heterocycles. The highest BCUT2D eigenvalue weighted by molar-refractivity contribution is 5.88. The van der Waals surface area contributed by atoms with E-state index in [1.165, 1.54) is 12.7 Å². The molecule has 1 saturated carbocycles. The maximum Gasteiger partial charge on any atom is 0.377 e. The Hall–Kier alpha value is -1.72. The van der Waals surface area contributed by atoms with E-state index in [2.05, 4.69) is 12.2 Å². The van der Waals surface area contributed by atoms with Crippen molar-refractivity contribution in [1.29, 1.82) is 0 Å². The largest absolute Gasteiger partial charge is 0.493 e. The van der Waals surface area contributed by atoms with Crippen LogP contribution in [0, 0.1) is 5.92 Å². The first-order valence-electron chi connectivity index (χ1n) is 7.08. The van der Waals surface area contributed by atoms with Gasteiger partial charge in [0.15, 0.2) is 6.61 Å². The van der Waals surface area contributed by atoms with Gasteiger partial charge in [-0.25, -0.2) is 4.79 Å². The molecule has 1 aliphatic carbocycles. The predicted octanol–water partition coefficient (Wildman–Crippen LogP) is 1.11. The summed E-state index contributed by atoms with van der Waals surface area (Å²) in [5, 5.41) is 2.92. The molecule has 2 rings (SSSR count). The van der Waals surface area contributed by atoms with E-state index < -0.39 is 5.97 Å². The summed E-state index contributed by atoms with van der Waals surface area (Å²) < 4.78 is 14.9. The van der Waals surface area contributed by atoms with Crippen LogP contribution in [-0.2, 0) is 23.8 Å². The maximum absolute atomic E-state index is 11.8. The first-order chi connectivity index (χ1) is 9.66. The van der Waals surface area contributed by atoms with Crippen LogP contribution >= 0.6 is 0 Å². The Morgan fingerprint density at radius 2 is 2.15 bits per heavy atom. The molecule has 1 N–H and O–H groups in total. The molecule has 20 heavy (non-hydrogen) atoms. The van der Waals surface area contributed by atoms with Crippen molar-refractivity contribution in [2.75, 3.05) is 19.8 Å². The number of nitrogens with one attached hydrogen (secondary N) is 1. The minimum atomic E-state index is -0.670. The van der Waals surface area contributed by atoms with Gasteiger partial charge in [0.2, 0.25) is 5.76 Å². The zero-order valence-electron chi connectivity index (χ0n) is 11.7. The number of amides is 1. The quantitative estimate of drug-likeness (QED) is 0.782. The summed E-state index contributed by atoms with van der Waals surface area (Å²) >= 11 is 0. The van der Waals surface area contributed by atoms with Gasteiger partial charge < -0.3 is 19.5 Å². The Morgan fingerprint density at radius 1 is 1.35 bits per heavy atom. The zero-order chi connectivity index (χ0) is 14.4. The molecule has 0 spiro atoms. The Balaban J connectivity index is 1.71. The molecule has 1 heterocycles. The summed E-state index contributed by atoms with van der Waals surface area (Å²) in [5.41, 5.74) is 0. The molecule has 0 aromatic rings. The molecule has 6 nitrogen and oxygen atoms in total.